The van der Waals surface area contributed by atoms with Crippen LogP contribution in [0.1, 0.15) is 32.1 Å². The second-order valence-electron chi connectivity index (χ2n) is 4.87. The summed E-state index contributed by atoms with van der Waals surface area (Å²) in [6.07, 6.45) is 11.6. The first-order chi connectivity index (χ1) is 8.29. The van der Waals surface area contributed by atoms with Crippen molar-refractivity contribution in [1.29, 1.82) is 0 Å². The van der Waals surface area contributed by atoms with Gasteiger partial charge >= 0.3 is 0 Å². The molecule has 2 aliphatic rings. The van der Waals surface area contributed by atoms with Gasteiger partial charge < -0.3 is 10.6 Å². The molecule has 1 atom stereocenters. The van der Waals surface area contributed by atoms with E-state index in [1.165, 1.54) is 18.6 Å². The monoisotopic (exact) mass is 234 g/mol. The standard InChI is InChI=1S/C13H22N4/c1-17-10-2-9-15-13(17)16-12-5-3-11(4-6-12)7-8-14/h2,9-11,13H,3-8,14H2,1H3. The molecule has 1 fully saturated rings. The summed E-state index contributed by atoms with van der Waals surface area (Å²) in [4.78, 5) is 11.1. The molecular weight excluding hydrogens is 212 g/mol. The Labute approximate surface area is 103 Å². The molecule has 17 heavy (non-hydrogen) atoms. The van der Waals surface area contributed by atoms with Crippen molar-refractivity contribution in [1.82, 2.24) is 4.90 Å². The highest BCUT2D eigenvalue weighted by Crippen LogP contribution is 2.25. The van der Waals surface area contributed by atoms with Gasteiger partial charge in [-0.3, -0.25) is 0 Å². The number of aliphatic imine (C=N–C) groups is 2. The van der Waals surface area contributed by atoms with Crippen LogP contribution in [-0.2, 0) is 0 Å². The maximum atomic E-state index is 5.60. The minimum atomic E-state index is -0.0407. The second kappa shape index (κ2) is 5.96. The van der Waals surface area contributed by atoms with Gasteiger partial charge in [-0.1, -0.05) is 0 Å². The van der Waals surface area contributed by atoms with Crippen molar-refractivity contribution in [3.63, 3.8) is 0 Å². The van der Waals surface area contributed by atoms with Crippen LogP contribution in [0.4, 0.5) is 0 Å². The molecule has 0 bridgehead atoms. The van der Waals surface area contributed by atoms with Gasteiger partial charge in [-0.15, -0.1) is 0 Å². The van der Waals surface area contributed by atoms with Gasteiger partial charge in [-0.2, -0.15) is 0 Å². The van der Waals surface area contributed by atoms with Gasteiger partial charge in [0.15, 0.2) is 0 Å². The fourth-order valence-electron chi connectivity index (χ4n) is 2.44. The van der Waals surface area contributed by atoms with Gasteiger partial charge in [-0.25, -0.2) is 9.98 Å². The van der Waals surface area contributed by atoms with Gasteiger partial charge in [0.2, 0.25) is 6.29 Å². The predicted octanol–water partition coefficient (Wildman–Crippen LogP) is 1.78. The Morgan fingerprint density at radius 1 is 1.47 bits per heavy atom. The van der Waals surface area contributed by atoms with Crippen LogP contribution in [0.2, 0.25) is 0 Å². The minimum Gasteiger partial charge on any atom is -0.341 e. The molecule has 0 aromatic carbocycles. The Morgan fingerprint density at radius 3 is 2.88 bits per heavy atom. The summed E-state index contributed by atoms with van der Waals surface area (Å²) in [7, 11) is 2.02. The summed E-state index contributed by atoms with van der Waals surface area (Å²) in [6, 6.07) is 0. The van der Waals surface area contributed by atoms with Crippen molar-refractivity contribution in [2.45, 2.75) is 38.4 Å². The van der Waals surface area contributed by atoms with E-state index in [2.05, 4.69) is 4.99 Å². The molecule has 0 aromatic heterocycles. The maximum Gasteiger partial charge on any atom is 0.215 e. The SMILES string of the molecule is CN1C=CC=NC1N=C1CCC(CCN)CC1. The fraction of sp³-hybridized carbons (Fsp3) is 0.692. The van der Waals surface area contributed by atoms with E-state index in [1.807, 2.05) is 30.4 Å². The highest BCUT2D eigenvalue weighted by atomic mass is 15.3. The lowest BCUT2D eigenvalue weighted by molar-refractivity contribution is 0.343. The lowest BCUT2D eigenvalue weighted by Gasteiger charge is -2.26. The first-order valence-corrected chi connectivity index (χ1v) is 6.47. The topological polar surface area (TPSA) is 54.0 Å². The number of nitrogens with zero attached hydrogens (tertiary/aromatic N) is 3. The predicted molar refractivity (Wildman–Crippen MR) is 72.2 cm³/mol. The van der Waals surface area contributed by atoms with Crippen molar-refractivity contribution in [3.05, 3.63) is 12.3 Å². The third-order valence-corrected chi connectivity index (χ3v) is 3.55. The van der Waals surface area contributed by atoms with Crippen LogP contribution < -0.4 is 5.73 Å². The zero-order chi connectivity index (χ0) is 12.1. The van der Waals surface area contributed by atoms with Gasteiger partial charge in [0.25, 0.3) is 0 Å². The quantitative estimate of drug-likeness (QED) is 0.809. The molecule has 0 radical (unpaired) electrons. The normalized spacial score (nSPS) is 28.6. The first kappa shape index (κ1) is 12.3. The van der Waals surface area contributed by atoms with E-state index in [-0.39, 0.29) is 6.29 Å². The third kappa shape index (κ3) is 3.40. The Balaban J connectivity index is 1.87. The van der Waals surface area contributed by atoms with Crippen molar-refractivity contribution >= 4 is 11.9 Å². The Bertz CT molecular complexity index is 322. The summed E-state index contributed by atoms with van der Waals surface area (Å²) in [5.41, 5.74) is 6.92. The van der Waals surface area contributed by atoms with Gasteiger partial charge in [0.05, 0.1) is 0 Å². The lowest BCUT2D eigenvalue weighted by atomic mass is 9.86. The zero-order valence-electron chi connectivity index (χ0n) is 10.5. The van der Waals surface area contributed by atoms with Crippen molar-refractivity contribution in [2.24, 2.45) is 21.6 Å². The number of allylic oxidation sites excluding steroid dienone is 1. The molecule has 2 N–H and O–H groups in total. The maximum absolute atomic E-state index is 5.60. The van der Waals surface area contributed by atoms with Gasteiger partial charge in [0, 0.05) is 25.2 Å². The Hall–Kier alpha value is -1.16. The molecule has 1 unspecified atom stereocenters. The Kier molecular flexibility index (Phi) is 4.31. The molecule has 1 aliphatic carbocycles. The van der Waals surface area contributed by atoms with Crippen molar-refractivity contribution in [2.75, 3.05) is 13.6 Å². The second-order valence-corrected chi connectivity index (χ2v) is 4.87. The highest BCUT2D eigenvalue weighted by Gasteiger charge is 2.18. The average molecular weight is 234 g/mol. The summed E-state index contributed by atoms with van der Waals surface area (Å²) in [5, 5.41) is 0. The molecule has 1 heterocycles. The number of rotatable bonds is 3. The minimum absolute atomic E-state index is 0.0407. The molecule has 0 spiro atoms. The van der Waals surface area contributed by atoms with Crippen LogP contribution >= 0.6 is 0 Å². The van der Waals surface area contributed by atoms with E-state index in [0.29, 0.717) is 0 Å². The van der Waals surface area contributed by atoms with Crippen LogP contribution in [0, 0.1) is 5.92 Å². The van der Waals surface area contributed by atoms with Crippen LogP contribution in [0.15, 0.2) is 22.3 Å². The van der Waals surface area contributed by atoms with Crippen molar-refractivity contribution in [3.8, 4) is 0 Å². The average Bonchev–Trinajstić information content (AvgIpc) is 2.35. The molecule has 0 aromatic rings. The van der Waals surface area contributed by atoms with Crippen LogP contribution in [0.25, 0.3) is 0 Å². The van der Waals surface area contributed by atoms with Crippen LogP contribution in [0.5, 0.6) is 0 Å². The molecule has 0 saturated heterocycles. The van der Waals surface area contributed by atoms with Gasteiger partial charge in [-0.05, 0) is 50.6 Å². The van der Waals surface area contributed by atoms with E-state index < -0.39 is 0 Å². The summed E-state index contributed by atoms with van der Waals surface area (Å²) in [5.74, 6) is 0.812. The van der Waals surface area contributed by atoms with Gasteiger partial charge in [0.1, 0.15) is 0 Å². The van der Waals surface area contributed by atoms with Crippen LogP contribution in [-0.4, -0.2) is 36.7 Å². The van der Waals surface area contributed by atoms with E-state index in [0.717, 1.165) is 31.7 Å². The summed E-state index contributed by atoms with van der Waals surface area (Å²) >= 11 is 0. The van der Waals surface area contributed by atoms with Crippen molar-refractivity contribution < 1.29 is 0 Å². The molecular formula is C13H22N4. The molecule has 4 heteroatoms. The van der Waals surface area contributed by atoms with Crippen LogP contribution in [0.3, 0.4) is 0 Å². The van der Waals surface area contributed by atoms with E-state index in [1.54, 1.807) is 0 Å². The summed E-state index contributed by atoms with van der Waals surface area (Å²) < 4.78 is 0. The fourth-order valence-corrected chi connectivity index (χ4v) is 2.44. The number of hydrogen-bond donors (Lipinski definition) is 1. The zero-order valence-corrected chi connectivity index (χ0v) is 10.5. The largest absolute Gasteiger partial charge is 0.341 e. The third-order valence-electron chi connectivity index (χ3n) is 3.55. The number of nitrogens with two attached hydrogens (primary N) is 1. The molecule has 1 aliphatic heterocycles. The molecule has 94 valence electrons. The number of hydrogen-bond acceptors (Lipinski definition) is 4. The Morgan fingerprint density at radius 2 is 2.24 bits per heavy atom. The molecule has 2 rings (SSSR count). The molecule has 0 amide bonds. The lowest BCUT2D eigenvalue weighted by Crippen LogP contribution is -2.27. The first-order valence-electron chi connectivity index (χ1n) is 6.47. The summed E-state index contributed by atoms with van der Waals surface area (Å²) in [6.45, 7) is 0.817. The molecule has 1 saturated carbocycles. The highest BCUT2D eigenvalue weighted by molar-refractivity contribution is 5.85. The smallest absolute Gasteiger partial charge is 0.215 e. The van der Waals surface area contributed by atoms with E-state index >= 15 is 0 Å². The van der Waals surface area contributed by atoms with E-state index in [4.69, 9.17) is 10.7 Å². The van der Waals surface area contributed by atoms with E-state index in [9.17, 15) is 0 Å². The molecule has 4 nitrogen and oxygen atoms in total.